The van der Waals surface area contributed by atoms with Gasteiger partial charge in [-0.1, -0.05) is 27.7 Å². The lowest BCUT2D eigenvalue weighted by Crippen LogP contribution is -2.13. The second-order valence-electron chi connectivity index (χ2n) is 5.16. The van der Waals surface area contributed by atoms with Crippen LogP contribution in [0.4, 0.5) is 5.69 Å². The molecule has 0 radical (unpaired) electrons. The third-order valence-electron chi connectivity index (χ3n) is 2.81. The lowest BCUT2D eigenvalue weighted by Gasteiger charge is -2.20. The fourth-order valence-corrected chi connectivity index (χ4v) is 1.82. The van der Waals surface area contributed by atoms with E-state index >= 15 is 0 Å². The molecule has 0 amide bonds. The van der Waals surface area contributed by atoms with Crippen LogP contribution in [-0.4, -0.2) is 4.92 Å². The van der Waals surface area contributed by atoms with Crippen molar-refractivity contribution in [2.75, 3.05) is 0 Å². The van der Waals surface area contributed by atoms with Crippen LogP contribution in [0.5, 0.6) is 0 Å². The number of hydrogen-bond donors (Lipinski definition) is 0. The van der Waals surface area contributed by atoms with Crippen molar-refractivity contribution in [2.45, 2.75) is 46.5 Å². The first kappa shape index (κ1) is 12.7. The zero-order valence-corrected chi connectivity index (χ0v) is 10.6. The van der Waals surface area contributed by atoms with E-state index in [1.165, 1.54) is 0 Å². The van der Waals surface area contributed by atoms with Crippen molar-refractivity contribution in [3.63, 3.8) is 0 Å². The molecule has 0 N–H and O–H groups in total. The number of rotatable bonds is 2. The summed E-state index contributed by atoms with van der Waals surface area (Å²) in [7, 11) is 0. The largest absolute Gasteiger partial charge is 0.275 e. The Labute approximate surface area is 96.6 Å². The summed E-state index contributed by atoms with van der Waals surface area (Å²) >= 11 is 0. The molecule has 0 atom stereocenters. The molecular weight excluding hydrogens is 202 g/mol. The van der Waals surface area contributed by atoms with Crippen molar-refractivity contribution in [1.82, 2.24) is 0 Å². The zero-order valence-electron chi connectivity index (χ0n) is 10.6. The van der Waals surface area contributed by atoms with Crippen LogP contribution in [0.1, 0.15) is 44.4 Å². The van der Waals surface area contributed by atoms with Crippen molar-refractivity contribution < 1.29 is 4.92 Å². The molecule has 0 spiro atoms. The van der Waals surface area contributed by atoms with Gasteiger partial charge < -0.3 is 0 Å². The summed E-state index contributed by atoms with van der Waals surface area (Å²) in [4.78, 5) is 10.7. The number of nitro benzene ring substituents is 1. The topological polar surface area (TPSA) is 43.1 Å². The number of nitro groups is 1. The van der Waals surface area contributed by atoms with E-state index in [0.29, 0.717) is 6.42 Å². The van der Waals surface area contributed by atoms with Crippen LogP contribution < -0.4 is 0 Å². The molecule has 0 aromatic heterocycles. The molecule has 1 aromatic carbocycles. The molecule has 0 bridgehead atoms. The molecule has 88 valence electrons. The summed E-state index contributed by atoms with van der Waals surface area (Å²) in [5, 5.41) is 11.0. The predicted octanol–water partition coefficient (Wildman–Crippen LogP) is 3.76. The molecule has 0 fully saturated rings. The summed E-state index contributed by atoms with van der Waals surface area (Å²) in [5.41, 5.74) is 3.05. The monoisotopic (exact) mass is 221 g/mol. The molecule has 0 unspecified atom stereocenters. The van der Waals surface area contributed by atoms with E-state index in [1.54, 1.807) is 0 Å². The van der Waals surface area contributed by atoms with Crippen molar-refractivity contribution in [1.29, 1.82) is 0 Å². The molecule has 0 saturated heterocycles. The van der Waals surface area contributed by atoms with E-state index < -0.39 is 0 Å². The molecule has 3 nitrogen and oxygen atoms in total. The second kappa shape index (κ2) is 4.24. The lowest BCUT2D eigenvalue weighted by molar-refractivity contribution is -0.386. The highest BCUT2D eigenvalue weighted by Crippen LogP contribution is 2.31. The first-order chi connectivity index (χ1) is 7.27. The first-order valence-corrected chi connectivity index (χ1v) is 5.55. The molecule has 3 heteroatoms. The van der Waals surface area contributed by atoms with Gasteiger partial charge in [-0.2, -0.15) is 0 Å². The maximum absolute atomic E-state index is 11.0. The van der Waals surface area contributed by atoms with Gasteiger partial charge in [0.25, 0.3) is 5.69 Å². The summed E-state index contributed by atoms with van der Waals surface area (Å²) in [6, 6.07) is 3.89. The van der Waals surface area contributed by atoms with Crippen molar-refractivity contribution in [3.8, 4) is 0 Å². The molecule has 0 heterocycles. The fourth-order valence-electron chi connectivity index (χ4n) is 1.82. The van der Waals surface area contributed by atoms with Crippen LogP contribution in [0.2, 0.25) is 0 Å². The van der Waals surface area contributed by atoms with Crippen LogP contribution in [-0.2, 0) is 11.8 Å². The van der Waals surface area contributed by atoms with E-state index in [9.17, 15) is 10.1 Å². The minimum absolute atomic E-state index is 0.0316. The summed E-state index contributed by atoms with van der Waals surface area (Å²) in [6.07, 6.45) is 0.696. The van der Waals surface area contributed by atoms with Crippen LogP contribution in [0, 0.1) is 17.0 Å². The molecule has 0 saturated carbocycles. The van der Waals surface area contributed by atoms with Crippen LogP contribution in [0.3, 0.4) is 0 Å². The van der Waals surface area contributed by atoms with Gasteiger partial charge in [0, 0.05) is 11.1 Å². The van der Waals surface area contributed by atoms with Gasteiger partial charge in [-0.15, -0.1) is 0 Å². The fraction of sp³-hybridized carbons (Fsp3) is 0.538. The van der Waals surface area contributed by atoms with Gasteiger partial charge in [-0.25, -0.2) is 0 Å². The number of hydrogen-bond acceptors (Lipinski definition) is 2. The molecule has 16 heavy (non-hydrogen) atoms. The Morgan fingerprint density at radius 1 is 1.31 bits per heavy atom. The van der Waals surface area contributed by atoms with Crippen molar-refractivity contribution >= 4 is 5.69 Å². The summed E-state index contributed by atoms with van der Waals surface area (Å²) in [6.45, 7) is 10.1. The molecule has 0 aliphatic heterocycles. The summed E-state index contributed by atoms with van der Waals surface area (Å²) < 4.78 is 0. The zero-order chi connectivity index (χ0) is 12.5. The predicted molar refractivity (Wildman–Crippen MR) is 65.9 cm³/mol. The van der Waals surface area contributed by atoms with Gasteiger partial charge >= 0.3 is 0 Å². The maximum atomic E-state index is 11.0. The van der Waals surface area contributed by atoms with Crippen molar-refractivity contribution in [2.24, 2.45) is 0 Å². The Bertz CT molecular complexity index is 417. The third kappa shape index (κ3) is 2.40. The second-order valence-corrected chi connectivity index (χ2v) is 5.16. The Balaban J connectivity index is 3.44. The number of aryl methyl sites for hydroxylation is 2. The van der Waals surface area contributed by atoms with Crippen LogP contribution in [0.15, 0.2) is 12.1 Å². The average molecular weight is 221 g/mol. The molecule has 1 aromatic rings. The SMILES string of the molecule is CCc1cc(C(C)(C)C)cc(C)c1[N+](=O)[O-]. The van der Waals surface area contributed by atoms with E-state index in [1.807, 2.05) is 26.0 Å². The molecule has 1 rings (SSSR count). The molecule has 0 aliphatic carbocycles. The van der Waals surface area contributed by atoms with Gasteiger partial charge in [0.05, 0.1) is 4.92 Å². The van der Waals surface area contributed by atoms with Gasteiger partial charge in [0.2, 0.25) is 0 Å². The molecule has 0 aliphatic rings. The van der Waals surface area contributed by atoms with Crippen LogP contribution in [0.25, 0.3) is 0 Å². The van der Waals surface area contributed by atoms with E-state index in [4.69, 9.17) is 0 Å². The number of benzene rings is 1. The van der Waals surface area contributed by atoms with Gasteiger partial charge in [0.1, 0.15) is 0 Å². The Kier molecular flexibility index (Phi) is 3.36. The number of nitrogens with zero attached hydrogens (tertiary/aromatic N) is 1. The highest BCUT2D eigenvalue weighted by molar-refractivity contribution is 5.51. The first-order valence-electron chi connectivity index (χ1n) is 5.55. The van der Waals surface area contributed by atoms with Gasteiger partial charge in [-0.3, -0.25) is 10.1 Å². The quantitative estimate of drug-likeness (QED) is 0.563. The third-order valence-corrected chi connectivity index (χ3v) is 2.81. The molecular formula is C13H19NO2. The lowest BCUT2D eigenvalue weighted by atomic mass is 9.84. The van der Waals surface area contributed by atoms with Crippen molar-refractivity contribution in [3.05, 3.63) is 38.9 Å². The smallest absolute Gasteiger partial charge is 0.258 e. The highest BCUT2D eigenvalue weighted by atomic mass is 16.6. The minimum Gasteiger partial charge on any atom is -0.258 e. The average Bonchev–Trinajstić information content (AvgIpc) is 2.14. The maximum Gasteiger partial charge on any atom is 0.275 e. The van der Waals surface area contributed by atoms with Gasteiger partial charge in [-0.05, 0) is 36.5 Å². The standard InChI is InChI=1S/C13H19NO2/c1-6-10-8-11(13(3,4)5)7-9(2)12(10)14(15)16/h7-8H,6H2,1-5H3. The Morgan fingerprint density at radius 2 is 1.88 bits per heavy atom. The van der Waals surface area contributed by atoms with E-state index in [-0.39, 0.29) is 16.0 Å². The van der Waals surface area contributed by atoms with Gasteiger partial charge in [0.15, 0.2) is 0 Å². The minimum atomic E-state index is -0.277. The highest BCUT2D eigenvalue weighted by Gasteiger charge is 2.21. The Morgan fingerprint density at radius 3 is 2.25 bits per heavy atom. The van der Waals surface area contributed by atoms with E-state index in [0.717, 1.165) is 16.7 Å². The Hall–Kier alpha value is -1.38. The normalized spacial score (nSPS) is 11.6. The summed E-state index contributed by atoms with van der Waals surface area (Å²) in [5.74, 6) is 0. The van der Waals surface area contributed by atoms with Crippen LogP contribution >= 0.6 is 0 Å². The van der Waals surface area contributed by atoms with E-state index in [2.05, 4.69) is 20.8 Å².